The van der Waals surface area contributed by atoms with E-state index in [2.05, 4.69) is 13.8 Å². The van der Waals surface area contributed by atoms with Gasteiger partial charge in [0.15, 0.2) is 5.96 Å². The van der Waals surface area contributed by atoms with E-state index >= 15 is 0 Å². The summed E-state index contributed by atoms with van der Waals surface area (Å²) in [6, 6.07) is -1.28. The van der Waals surface area contributed by atoms with Crippen LogP contribution in [0.25, 0.3) is 0 Å². The Morgan fingerprint density at radius 2 is 1.57 bits per heavy atom. The van der Waals surface area contributed by atoms with Crippen LogP contribution in [0.2, 0.25) is 0 Å². The third-order valence-electron chi connectivity index (χ3n) is 8.17. The number of carbonyl (C=O) groups is 3. The summed E-state index contributed by atoms with van der Waals surface area (Å²) in [4.78, 5) is 51.4. The van der Waals surface area contributed by atoms with Gasteiger partial charge in [0.1, 0.15) is 6.04 Å². The third kappa shape index (κ3) is 8.80. The highest BCUT2D eigenvalue weighted by atomic mass is 16.5. The molecule has 11 nitrogen and oxygen atoms in total. The molecule has 40 heavy (non-hydrogen) atoms. The molecule has 1 N–H and O–H groups in total. The zero-order chi connectivity index (χ0) is 30.9. The number of carbonyl (C=O) groups excluding carboxylic acids is 2. The van der Waals surface area contributed by atoms with Gasteiger partial charge in [0.05, 0.1) is 36.6 Å². The number of guanidine groups is 1. The fourth-order valence-corrected chi connectivity index (χ4v) is 5.75. The second-order valence-electron chi connectivity index (χ2n) is 11.8. The predicted molar refractivity (Wildman–Crippen MR) is 157 cm³/mol. The van der Waals surface area contributed by atoms with Crippen molar-refractivity contribution in [1.82, 2.24) is 19.6 Å². The van der Waals surface area contributed by atoms with Gasteiger partial charge in [0.25, 0.3) is 0 Å². The van der Waals surface area contributed by atoms with Gasteiger partial charge < -0.3 is 34.2 Å². The van der Waals surface area contributed by atoms with Crippen molar-refractivity contribution in [1.29, 1.82) is 0 Å². The molecule has 0 radical (unpaired) electrons. The van der Waals surface area contributed by atoms with Gasteiger partial charge in [-0.15, -0.1) is 0 Å². The molecule has 232 valence electrons. The second kappa shape index (κ2) is 16.1. The van der Waals surface area contributed by atoms with Gasteiger partial charge in [0, 0.05) is 56.0 Å². The van der Waals surface area contributed by atoms with Gasteiger partial charge in [-0.2, -0.15) is 0 Å². The molecule has 7 atom stereocenters. The fraction of sp³-hybridized carbons (Fsp3) is 0.862. The van der Waals surface area contributed by atoms with E-state index in [-0.39, 0.29) is 42.2 Å². The number of hydrogen-bond donors (Lipinski definition) is 1. The molecule has 0 spiro atoms. The maximum Gasteiger partial charge on any atom is 0.308 e. The molecular weight excluding hydrogens is 514 g/mol. The van der Waals surface area contributed by atoms with Crippen LogP contribution in [0, 0.1) is 17.8 Å². The van der Waals surface area contributed by atoms with Gasteiger partial charge in [0.2, 0.25) is 11.8 Å². The number of hydrogen-bond acceptors (Lipinski definition) is 6. The minimum atomic E-state index is -0.952. The van der Waals surface area contributed by atoms with Crippen LogP contribution in [0.4, 0.5) is 0 Å². The Morgan fingerprint density at radius 1 is 1.00 bits per heavy atom. The lowest BCUT2D eigenvalue weighted by molar-refractivity contribution is -0.152. The minimum Gasteiger partial charge on any atom is -0.481 e. The lowest BCUT2D eigenvalue weighted by atomic mass is 9.89. The van der Waals surface area contributed by atoms with Crippen LogP contribution < -0.4 is 0 Å². The third-order valence-corrected chi connectivity index (χ3v) is 8.17. The van der Waals surface area contributed by atoms with Crippen LogP contribution in [0.1, 0.15) is 60.3 Å². The average molecular weight is 570 g/mol. The number of ether oxygens (including phenoxy) is 2. The van der Waals surface area contributed by atoms with E-state index in [1.807, 2.05) is 51.8 Å². The second-order valence-corrected chi connectivity index (χ2v) is 11.8. The number of aliphatic imine (C=N–C) groups is 1. The zero-order valence-corrected chi connectivity index (χ0v) is 26.9. The smallest absolute Gasteiger partial charge is 0.308 e. The van der Waals surface area contributed by atoms with Crippen LogP contribution in [-0.2, 0) is 23.9 Å². The maximum atomic E-state index is 14.0. The number of nitrogens with zero attached hydrogens (tertiary/aromatic N) is 5. The van der Waals surface area contributed by atoms with E-state index in [0.29, 0.717) is 18.9 Å². The van der Waals surface area contributed by atoms with Crippen molar-refractivity contribution in [2.45, 2.75) is 90.6 Å². The molecule has 11 heteroatoms. The van der Waals surface area contributed by atoms with Crippen molar-refractivity contribution in [3.63, 3.8) is 0 Å². The quantitative estimate of drug-likeness (QED) is 0.251. The fourth-order valence-electron chi connectivity index (χ4n) is 5.75. The van der Waals surface area contributed by atoms with Crippen LogP contribution in [0.3, 0.4) is 0 Å². The molecule has 1 saturated heterocycles. The Morgan fingerprint density at radius 3 is 2.00 bits per heavy atom. The molecule has 1 rings (SSSR count). The summed E-state index contributed by atoms with van der Waals surface area (Å²) in [5.74, 6) is -1.24. The Kier molecular flexibility index (Phi) is 14.4. The number of carboxylic acids is 1. The van der Waals surface area contributed by atoms with Crippen LogP contribution >= 0.6 is 0 Å². The van der Waals surface area contributed by atoms with Crippen molar-refractivity contribution in [3.8, 4) is 0 Å². The molecule has 0 aromatic heterocycles. The van der Waals surface area contributed by atoms with Crippen molar-refractivity contribution >= 4 is 23.7 Å². The summed E-state index contributed by atoms with van der Waals surface area (Å²) in [5.41, 5.74) is 0. The lowest BCUT2D eigenvalue weighted by Gasteiger charge is -2.40. The number of methoxy groups -OCH3 is 2. The molecule has 0 aliphatic carbocycles. The monoisotopic (exact) mass is 569 g/mol. The molecule has 1 fully saturated rings. The molecule has 2 unspecified atom stereocenters. The highest BCUT2D eigenvalue weighted by molar-refractivity contribution is 5.87. The normalized spacial score (nSPS) is 19.8. The summed E-state index contributed by atoms with van der Waals surface area (Å²) in [6.45, 7) is 10.2. The first-order valence-corrected chi connectivity index (χ1v) is 14.4. The van der Waals surface area contributed by atoms with Gasteiger partial charge in [-0.1, -0.05) is 34.1 Å². The molecular formula is C29H55N5O6. The highest BCUT2D eigenvalue weighted by Gasteiger charge is 2.42. The molecule has 0 aromatic rings. The van der Waals surface area contributed by atoms with Gasteiger partial charge in [-0.3, -0.25) is 14.4 Å². The predicted octanol–water partition coefficient (Wildman–Crippen LogP) is 2.50. The van der Waals surface area contributed by atoms with E-state index in [1.54, 1.807) is 30.9 Å². The summed E-state index contributed by atoms with van der Waals surface area (Å²) in [5, 5.41) is 9.57. The number of likely N-dealkylation sites (N-methyl/N-ethyl adjacent to an activating group) is 1. The first kappa shape index (κ1) is 35.6. The largest absolute Gasteiger partial charge is 0.481 e. The van der Waals surface area contributed by atoms with E-state index in [4.69, 9.17) is 14.5 Å². The molecule has 1 aliphatic rings. The molecule has 0 bridgehead atoms. The lowest BCUT2D eigenvalue weighted by Crippen LogP contribution is -2.55. The summed E-state index contributed by atoms with van der Waals surface area (Å²) >= 11 is 0. The molecule has 0 aromatic carbocycles. The topological polar surface area (TPSA) is 115 Å². The number of amides is 2. The number of likely N-dealkylation sites (tertiary alicyclic amines) is 1. The summed E-state index contributed by atoms with van der Waals surface area (Å²) in [7, 11) is 12.4. The Bertz CT molecular complexity index is 854. The Hall–Kier alpha value is -2.40. The minimum absolute atomic E-state index is 0.0439. The number of rotatable bonds is 14. The van der Waals surface area contributed by atoms with Crippen LogP contribution in [0.5, 0.6) is 0 Å². The molecule has 2 amide bonds. The first-order valence-electron chi connectivity index (χ1n) is 14.4. The van der Waals surface area contributed by atoms with Gasteiger partial charge >= 0.3 is 5.97 Å². The molecule has 1 heterocycles. The van der Waals surface area contributed by atoms with E-state index in [9.17, 15) is 19.5 Å². The van der Waals surface area contributed by atoms with Gasteiger partial charge in [-0.05, 0) is 31.6 Å². The van der Waals surface area contributed by atoms with Crippen molar-refractivity contribution < 1.29 is 29.0 Å². The SMILES string of the molecule is CC[C@H](C)[C@@H]([C@@H](CC(=O)N1CCCC1[C@H](OC)[C@@H](C)C(=O)O)OC)N(C)C(=O)C(N=C(N(C)C)N(C)C)C(C)C. The highest BCUT2D eigenvalue weighted by Crippen LogP contribution is 2.29. The zero-order valence-electron chi connectivity index (χ0n) is 26.9. The van der Waals surface area contributed by atoms with Crippen molar-refractivity contribution in [2.24, 2.45) is 22.7 Å². The Balaban J connectivity index is 3.31. The van der Waals surface area contributed by atoms with Crippen molar-refractivity contribution in [2.75, 3.05) is 56.0 Å². The van der Waals surface area contributed by atoms with Crippen molar-refractivity contribution in [3.05, 3.63) is 0 Å². The van der Waals surface area contributed by atoms with Crippen LogP contribution in [-0.4, -0.2) is 135 Å². The Labute approximate surface area is 241 Å². The molecule has 1 aliphatic heterocycles. The summed E-state index contributed by atoms with van der Waals surface area (Å²) < 4.78 is 11.5. The van der Waals surface area contributed by atoms with E-state index in [0.717, 1.165) is 12.8 Å². The van der Waals surface area contributed by atoms with Crippen LogP contribution in [0.15, 0.2) is 4.99 Å². The van der Waals surface area contributed by atoms with E-state index < -0.39 is 30.1 Å². The summed E-state index contributed by atoms with van der Waals surface area (Å²) in [6.07, 6.45) is 1.18. The first-order chi connectivity index (χ1) is 18.6. The maximum absolute atomic E-state index is 14.0. The molecule has 0 saturated carbocycles. The number of carboxylic acid groups (broad SMARTS) is 1. The standard InChI is InChI=1S/C29H55N5O6/c1-13-19(4)25(33(10)27(36)24(18(2)3)30-29(31(6)7)32(8)9)22(39-11)17-23(35)34-16-14-15-21(34)26(40-12)20(5)28(37)38/h18-22,24-26H,13-17H2,1-12H3,(H,37,38)/t19-,20+,21?,22+,24?,25-,26+/m0/s1. The average Bonchev–Trinajstić information content (AvgIpc) is 3.37. The van der Waals surface area contributed by atoms with Gasteiger partial charge in [-0.25, -0.2) is 4.99 Å². The van der Waals surface area contributed by atoms with E-state index in [1.165, 1.54) is 7.11 Å². The number of aliphatic carboxylic acids is 1.